The molecule has 2 aromatic heterocycles. The van der Waals surface area contributed by atoms with Gasteiger partial charge in [-0.05, 0) is 92.9 Å². The maximum Gasteiger partial charge on any atom is 0.420 e. The quantitative estimate of drug-likeness (QED) is 0.0706. The van der Waals surface area contributed by atoms with E-state index in [1.165, 1.54) is 48.5 Å². The van der Waals surface area contributed by atoms with Gasteiger partial charge in [0, 0.05) is 25.1 Å². The number of likely N-dealkylation sites (tertiary alicyclic amines) is 1. The van der Waals surface area contributed by atoms with E-state index in [1.807, 2.05) is 0 Å². The summed E-state index contributed by atoms with van der Waals surface area (Å²) in [7, 11) is 0. The number of halogens is 4. The Labute approximate surface area is 382 Å². The minimum absolute atomic E-state index is 0.0473. The number of oxazole rings is 1. The predicted molar refractivity (Wildman–Crippen MR) is 234 cm³/mol. The van der Waals surface area contributed by atoms with Crippen molar-refractivity contribution in [2.75, 3.05) is 36.2 Å². The van der Waals surface area contributed by atoms with Crippen LogP contribution in [0.1, 0.15) is 70.8 Å². The molecule has 6 rings (SSSR count). The molecule has 2 aromatic carbocycles. The molecule has 2 fully saturated rings. The maximum atomic E-state index is 15.4. The average Bonchev–Trinajstić information content (AvgIpc) is 3.97. The number of unbranched alkanes of at least 4 members (excludes halogenated alkanes) is 1. The summed E-state index contributed by atoms with van der Waals surface area (Å²) >= 11 is 5.52. The summed E-state index contributed by atoms with van der Waals surface area (Å²) in [6.45, 7) is 8.64. The molecule has 2 saturated heterocycles. The molecule has 0 spiro atoms. The van der Waals surface area contributed by atoms with Crippen LogP contribution >= 0.6 is 12.2 Å². The highest BCUT2D eigenvalue weighted by molar-refractivity contribution is 7.81. The van der Waals surface area contributed by atoms with Crippen molar-refractivity contribution in [1.29, 1.82) is 5.26 Å². The Kier molecular flexibility index (Phi) is 14.8. The van der Waals surface area contributed by atoms with E-state index >= 15 is 4.39 Å². The van der Waals surface area contributed by atoms with Gasteiger partial charge < -0.3 is 39.4 Å². The number of ether oxygens (including phenoxy) is 2. The molecule has 0 bridgehead atoms. The highest BCUT2D eigenvalue weighted by Crippen LogP contribution is 2.42. The van der Waals surface area contributed by atoms with Gasteiger partial charge >= 0.3 is 6.18 Å². The summed E-state index contributed by atoms with van der Waals surface area (Å²) < 4.78 is 73.2. The molecule has 0 aliphatic carbocycles. The Balaban J connectivity index is 0.955. The average molecular weight is 937 g/mol. The van der Waals surface area contributed by atoms with Gasteiger partial charge in [0.25, 0.3) is 5.91 Å². The zero-order chi connectivity index (χ0) is 48.1. The molecule has 4 aromatic rings. The van der Waals surface area contributed by atoms with Crippen LogP contribution in [0.3, 0.4) is 0 Å². The number of pyridine rings is 1. The summed E-state index contributed by atoms with van der Waals surface area (Å²) in [4.78, 5) is 64.9. The first kappa shape index (κ1) is 48.9. The zero-order valence-electron chi connectivity index (χ0n) is 36.6. The molecule has 3 atom stereocenters. The number of rotatable bonds is 16. The number of anilines is 2. The van der Waals surface area contributed by atoms with Gasteiger partial charge in [-0.2, -0.15) is 18.4 Å². The van der Waals surface area contributed by atoms with E-state index in [0.29, 0.717) is 47.2 Å². The molecular weight excluding hydrogens is 889 g/mol. The van der Waals surface area contributed by atoms with Crippen LogP contribution in [0.2, 0.25) is 0 Å². The van der Waals surface area contributed by atoms with Crippen molar-refractivity contribution < 1.29 is 55.7 Å². The first-order valence-corrected chi connectivity index (χ1v) is 21.2. The molecule has 0 radical (unpaired) electrons. The van der Waals surface area contributed by atoms with Gasteiger partial charge in [0.15, 0.2) is 17.3 Å². The number of aromatic nitrogens is 2. The zero-order valence-corrected chi connectivity index (χ0v) is 37.5. The second-order valence-corrected chi connectivity index (χ2v) is 17.6. The number of thiocarbonyl (C=S) groups is 1. The van der Waals surface area contributed by atoms with Crippen molar-refractivity contribution in [1.82, 2.24) is 25.5 Å². The van der Waals surface area contributed by atoms with E-state index in [4.69, 9.17) is 31.4 Å². The van der Waals surface area contributed by atoms with E-state index in [9.17, 15) is 37.5 Å². The van der Waals surface area contributed by atoms with Crippen molar-refractivity contribution in [3.8, 4) is 23.1 Å². The van der Waals surface area contributed by atoms with Gasteiger partial charge in [-0.3, -0.25) is 29.1 Å². The number of hydrogen-bond donors (Lipinski definition) is 3. The van der Waals surface area contributed by atoms with Gasteiger partial charge in [-0.1, -0.05) is 20.8 Å². The maximum absolute atomic E-state index is 15.4. The van der Waals surface area contributed by atoms with E-state index < -0.39 is 81.6 Å². The highest BCUT2D eigenvalue weighted by Gasteiger charge is 2.52. The largest absolute Gasteiger partial charge is 0.494 e. The lowest BCUT2D eigenvalue weighted by Crippen LogP contribution is -2.58. The van der Waals surface area contributed by atoms with Crippen molar-refractivity contribution >= 4 is 52.3 Å². The molecule has 21 heteroatoms. The third-order valence-corrected chi connectivity index (χ3v) is 11.3. The standard InChI is InChI=1S/C45H48F4N8O8S/c1-43(2,3)38(40(61)55-23-29(58)18-34(55)39(60)53-22-31-21-51-25-65-31)54-35(59)24-63-16-6-7-17-64-30-12-8-26(9-13-30)32-14-11-28(20-52-32)57-42(66)56(41(62)44(57,4)5)33-15-10-27(19-50)36(37(33)46)45(47,48)49/h8-15,20-21,25,29,34,38,58H,6-7,16-18,22-24H2,1-5H3,(H,53,60)(H,54,59)/t29-,34+,38-/m1/s1. The third-order valence-electron chi connectivity index (χ3n) is 11.0. The number of carbonyl (C=O) groups is 4. The fourth-order valence-electron chi connectivity index (χ4n) is 7.57. The summed E-state index contributed by atoms with van der Waals surface area (Å²) in [5.74, 6) is -3.02. The fourth-order valence-corrected chi connectivity index (χ4v) is 8.08. The smallest absolute Gasteiger partial charge is 0.420 e. The Morgan fingerprint density at radius 1 is 1.06 bits per heavy atom. The monoisotopic (exact) mass is 936 g/mol. The molecule has 4 amide bonds. The lowest BCUT2D eigenvalue weighted by Gasteiger charge is -2.35. The number of alkyl halides is 3. The summed E-state index contributed by atoms with van der Waals surface area (Å²) in [6.07, 6.45) is -0.762. The SMILES string of the molecule is CC(C)(C)[C@H](NC(=O)COCCCCOc1ccc(-c2ccc(N3C(=S)N(c4ccc(C#N)c(C(F)(F)F)c4F)C(=O)C3(C)C)cn2)cc1)C(=O)N1C[C@H](O)C[C@H]1C(=O)NCc1cnco1. The Morgan fingerprint density at radius 2 is 1.77 bits per heavy atom. The van der Waals surface area contributed by atoms with E-state index in [-0.39, 0.29) is 37.8 Å². The van der Waals surface area contributed by atoms with Crippen LogP contribution < -0.4 is 25.2 Å². The van der Waals surface area contributed by atoms with Gasteiger partial charge in [0.2, 0.25) is 17.7 Å². The number of nitriles is 1. The van der Waals surface area contributed by atoms with Crippen molar-refractivity contribution in [2.24, 2.45) is 5.41 Å². The van der Waals surface area contributed by atoms with Crippen molar-refractivity contribution in [3.05, 3.63) is 90.0 Å². The first-order valence-electron chi connectivity index (χ1n) is 20.8. The molecule has 350 valence electrons. The molecule has 0 saturated carbocycles. The van der Waals surface area contributed by atoms with Crippen molar-refractivity contribution in [3.63, 3.8) is 0 Å². The molecular formula is C45H48F4N8O8S. The van der Waals surface area contributed by atoms with Crippen LogP contribution in [0.4, 0.5) is 28.9 Å². The summed E-state index contributed by atoms with van der Waals surface area (Å²) in [5.41, 5.74) is -4.01. The van der Waals surface area contributed by atoms with Crippen LogP contribution in [0.25, 0.3) is 11.3 Å². The lowest BCUT2D eigenvalue weighted by atomic mass is 9.85. The Hall–Kier alpha value is -6.50. The first-order chi connectivity index (χ1) is 31.1. The molecule has 16 nitrogen and oxygen atoms in total. The van der Waals surface area contributed by atoms with Gasteiger partial charge in [0.1, 0.15) is 41.3 Å². The number of carbonyl (C=O) groups excluding carboxylic acids is 4. The van der Waals surface area contributed by atoms with E-state index in [2.05, 4.69) is 20.6 Å². The van der Waals surface area contributed by atoms with Gasteiger partial charge in [-0.15, -0.1) is 0 Å². The minimum Gasteiger partial charge on any atom is -0.494 e. The highest BCUT2D eigenvalue weighted by atomic mass is 32.1. The van der Waals surface area contributed by atoms with E-state index in [1.54, 1.807) is 57.2 Å². The number of amides is 4. The number of β-amino-alcohol motifs (C(OH)–C–C–N with tert-alkyl or cyclic N) is 1. The normalized spacial score (nSPS) is 17.7. The Bertz CT molecular complexity index is 2470. The summed E-state index contributed by atoms with van der Waals surface area (Å²) in [5, 5.41) is 24.7. The molecule has 3 N–H and O–H groups in total. The number of hydrogen-bond acceptors (Lipinski definition) is 12. The number of aliphatic hydroxyl groups excluding tert-OH is 1. The Morgan fingerprint density at radius 3 is 2.39 bits per heavy atom. The number of aliphatic hydroxyl groups is 1. The second-order valence-electron chi connectivity index (χ2n) is 17.2. The van der Waals surface area contributed by atoms with Crippen molar-refractivity contribution in [2.45, 2.75) is 90.3 Å². The van der Waals surface area contributed by atoms with Crippen LogP contribution in [0.5, 0.6) is 5.75 Å². The topological polar surface area (TPSA) is 203 Å². The molecule has 66 heavy (non-hydrogen) atoms. The predicted octanol–water partition coefficient (Wildman–Crippen LogP) is 5.67. The van der Waals surface area contributed by atoms with E-state index in [0.717, 1.165) is 17.7 Å². The number of nitrogens with one attached hydrogen (secondary N) is 2. The minimum atomic E-state index is -5.20. The summed E-state index contributed by atoms with van der Waals surface area (Å²) in [6, 6.07) is 11.5. The number of nitrogens with zero attached hydrogens (tertiary/aromatic N) is 6. The number of benzene rings is 2. The van der Waals surface area contributed by atoms with Gasteiger partial charge in [-0.25, -0.2) is 9.37 Å². The molecule has 2 aliphatic rings. The van der Waals surface area contributed by atoms with Crippen LogP contribution in [0.15, 0.2) is 71.7 Å². The fraction of sp³-hybridized carbons (Fsp3) is 0.422. The lowest BCUT2D eigenvalue weighted by molar-refractivity contribution is -0.144. The third kappa shape index (κ3) is 10.8. The van der Waals surface area contributed by atoms with Gasteiger partial charge in [0.05, 0.1) is 60.4 Å². The van der Waals surface area contributed by atoms with Crippen LogP contribution in [-0.2, 0) is 36.6 Å². The van der Waals surface area contributed by atoms with Crippen LogP contribution in [-0.4, -0.2) is 98.8 Å². The van der Waals surface area contributed by atoms with Crippen LogP contribution in [0, 0.1) is 22.6 Å². The molecule has 2 aliphatic heterocycles. The molecule has 4 heterocycles. The molecule has 0 unspecified atom stereocenters. The second kappa shape index (κ2) is 19.9.